The molecule has 0 unspecified atom stereocenters. The van der Waals surface area contributed by atoms with E-state index in [-0.39, 0.29) is 0 Å². The summed E-state index contributed by atoms with van der Waals surface area (Å²) < 4.78 is 0. The van der Waals surface area contributed by atoms with Gasteiger partial charge >= 0.3 is 0 Å². The summed E-state index contributed by atoms with van der Waals surface area (Å²) in [7, 11) is 0. The van der Waals surface area contributed by atoms with Gasteiger partial charge in [0, 0.05) is 11.9 Å². The van der Waals surface area contributed by atoms with E-state index < -0.39 is 0 Å². The van der Waals surface area contributed by atoms with E-state index in [4.69, 9.17) is 0 Å². The van der Waals surface area contributed by atoms with Crippen molar-refractivity contribution in [3.63, 3.8) is 0 Å². The van der Waals surface area contributed by atoms with Crippen LogP contribution in [0.4, 0.5) is 0 Å². The first-order chi connectivity index (χ1) is 9.88. The number of aromatic nitrogens is 1. The molecule has 1 aliphatic heterocycles. The molecule has 2 heterocycles. The molecule has 0 bridgehead atoms. The Hall–Kier alpha value is -0.890. The predicted octanol–water partition coefficient (Wildman–Crippen LogP) is 4.14. The summed E-state index contributed by atoms with van der Waals surface area (Å²) in [6.45, 7) is 4.74. The topological polar surface area (TPSA) is 24.9 Å². The van der Waals surface area contributed by atoms with Crippen molar-refractivity contribution >= 4 is 0 Å². The SMILES string of the molecule is CCCCCCc1ccc(CCCCC2CNC2)nc1. The average molecular weight is 274 g/mol. The summed E-state index contributed by atoms with van der Waals surface area (Å²) in [5.74, 6) is 0.952. The molecule has 0 aliphatic carbocycles. The van der Waals surface area contributed by atoms with Crippen LogP contribution >= 0.6 is 0 Å². The van der Waals surface area contributed by atoms with Gasteiger partial charge in [-0.15, -0.1) is 0 Å². The normalized spacial score (nSPS) is 15.2. The molecule has 1 saturated heterocycles. The molecule has 2 rings (SSSR count). The van der Waals surface area contributed by atoms with Gasteiger partial charge in [0.15, 0.2) is 0 Å². The molecule has 0 saturated carbocycles. The van der Waals surface area contributed by atoms with Crippen LogP contribution in [0.25, 0.3) is 0 Å². The van der Waals surface area contributed by atoms with E-state index in [0.717, 1.165) is 12.3 Å². The van der Waals surface area contributed by atoms with E-state index in [1.165, 1.54) is 75.7 Å². The Balaban J connectivity index is 1.58. The van der Waals surface area contributed by atoms with E-state index in [2.05, 4.69) is 35.6 Å². The van der Waals surface area contributed by atoms with Crippen molar-refractivity contribution in [3.8, 4) is 0 Å². The quantitative estimate of drug-likeness (QED) is 0.649. The molecule has 1 fully saturated rings. The largest absolute Gasteiger partial charge is 0.316 e. The average Bonchev–Trinajstić information content (AvgIpc) is 2.43. The molecule has 20 heavy (non-hydrogen) atoms. The van der Waals surface area contributed by atoms with Gasteiger partial charge in [-0.1, -0.05) is 38.7 Å². The second kappa shape index (κ2) is 9.12. The number of unbranched alkanes of at least 4 members (excludes halogenated alkanes) is 4. The number of nitrogens with one attached hydrogen (secondary N) is 1. The maximum absolute atomic E-state index is 4.62. The van der Waals surface area contributed by atoms with Gasteiger partial charge in [-0.25, -0.2) is 0 Å². The van der Waals surface area contributed by atoms with Crippen LogP contribution in [0.15, 0.2) is 18.3 Å². The highest BCUT2D eigenvalue weighted by atomic mass is 14.9. The molecular formula is C18H30N2. The Labute approximate surface area is 124 Å². The standard InChI is InChI=1S/C18H30N2/c1-2-3-4-5-8-16-11-12-18(20-15-16)10-7-6-9-17-13-19-14-17/h11-12,15,17,19H,2-10,13-14H2,1H3. The molecule has 1 aromatic rings. The fourth-order valence-electron chi connectivity index (χ4n) is 2.80. The molecule has 1 aliphatic rings. The summed E-state index contributed by atoms with van der Waals surface area (Å²) in [6, 6.07) is 4.52. The first-order valence-electron chi connectivity index (χ1n) is 8.53. The lowest BCUT2D eigenvalue weighted by molar-refractivity contribution is 0.318. The predicted molar refractivity (Wildman–Crippen MR) is 86.0 cm³/mol. The van der Waals surface area contributed by atoms with Crippen LogP contribution in [0.3, 0.4) is 0 Å². The highest BCUT2D eigenvalue weighted by Gasteiger charge is 2.15. The van der Waals surface area contributed by atoms with E-state index >= 15 is 0 Å². The summed E-state index contributed by atoms with van der Waals surface area (Å²) >= 11 is 0. The van der Waals surface area contributed by atoms with Crippen LogP contribution in [0.2, 0.25) is 0 Å². The van der Waals surface area contributed by atoms with Gasteiger partial charge in [-0.2, -0.15) is 0 Å². The fraction of sp³-hybridized carbons (Fsp3) is 0.722. The number of hydrogen-bond acceptors (Lipinski definition) is 2. The lowest BCUT2D eigenvalue weighted by Crippen LogP contribution is -2.41. The second-order valence-electron chi connectivity index (χ2n) is 6.24. The minimum atomic E-state index is 0.952. The number of pyridine rings is 1. The third-order valence-corrected chi connectivity index (χ3v) is 4.37. The summed E-state index contributed by atoms with van der Waals surface area (Å²) in [4.78, 5) is 4.62. The third kappa shape index (κ3) is 5.62. The Morgan fingerprint density at radius 3 is 2.55 bits per heavy atom. The highest BCUT2D eigenvalue weighted by molar-refractivity contribution is 5.14. The van der Waals surface area contributed by atoms with Gasteiger partial charge in [0.05, 0.1) is 0 Å². The first-order valence-corrected chi connectivity index (χ1v) is 8.53. The molecule has 0 spiro atoms. The van der Waals surface area contributed by atoms with Crippen LogP contribution in [0, 0.1) is 5.92 Å². The number of hydrogen-bond donors (Lipinski definition) is 1. The zero-order chi connectivity index (χ0) is 14.0. The van der Waals surface area contributed by atoms with Crippen LogP contribution in [-0.2, 0) is 12.8 Å². The molecule has 0 amide bonds. The van der Waals surface area contributed by atoms with Crippen molar-refractivity contribution in [2.24, 2.45) is 5.92 Å². The van der Waals surface area contributed by atoms with Gasteiger partial charge in [0.25, 0.3) is 0 Å². The van der Waals surface area contributed by atoms with Gasteiger partial charge in [-0.05, 0) is 62.7 Å². The number of nitrogens with zero attached hydrogens (tertiary/aromatic N) is 1. The van der Waals surface area contributed by atoms with Crippen molar-refractivity contribution in [1.82, 2.24) is 10.3 Å². The monoisotopic (exact) mass is 274 g/mol. The second-order valence-corrected chi connectivity index (χ2v) is 6.24. The summed E-state index contributed by atoms with van der Waals surface area (Å²) in [5.41, 5.74) is 2.68. The molecule has 1 aromatic heterocycles. The molecule has 0 radical (unpaired) electrons. The van der Waals surface area contributed by atoms with Crippen molar-refractivity contribution in [2.75, 3.05) is 13.1 Å². The van der Waals surface area contributed by atoms with Crippen molar-refractivity contribution in [2.45, 2.75) is 64.7 Å². The van der Waals surface area contributed by atoms with Crippen molar-refractivity contribution in [1.29, 1.82) is 0 Å². The van der Waals surface area contributed by atoms with Crippen LogP contribution in [0.5, 0.6) is 0 Å². The smallest absolute Gasteiger partial charge is 0.0403 e. The molecular weight excluding hydrogens is 244 g/mol. The van der Waals surface area contributed by atoms with Gasteiger partial charge in [-0.3, -0.25) is 4.98 Å². The zero-order valence-corrected chi connectivity index (χ0v) is 13.0. The maximum atomic E-state index is 4.62. The highest BCUT2D eigenvalue weighted by Crippen LogP contribution is 2.14. The molecule has 1 N–H and O–H groups in total. The van der Waals surface area contributed by atoms with Gasteiger partial charge < -0.3 is 5.32 Å². The lowest BCUT2D eigenvalue weighted by Gasteiger charge is -2.26. The molecule has 2 heteroatoms. The zero-order valence-electron chi connectivity index (χ0n) is 13.0. The Bertz CT molecular complexity index is 354. The minimum absolute atomic E-state index is 0.952. The van der Waals surface area contributed by atoms with Crippen molar-refractivity contribution < 1.29 is 0 Å². The number of rotatable bonds is 10. The summed E-state index contributed by atoms with van der Waals surface area (Å²) in [6.07, 6.45) is 13.8. The molecule has 112 valence electrons. The van der Waals surface area contributed by atoms with E-state index in [0.29, 0.717) is 0 Å². The molecule has 0 atom stereocenters. The third-order valence-electron chi connectivity index (χ3n) is 4.37. The summed E-state index contributed by atoms with van der Waals surface area (Å²) in [5, 5.41) is 3.34. The lowest BCUT2D eigenvalue weighted by atomic mass is 9.96. The molecule has 2 nitrogen and oxygen atoms in total. The van der Waals surface area contributed by atoms with Gasteiger partial charge in [0.1, 0.15) is 0 Å². The van der Waals surface area contributed by atoms with E-state index in [1.54, 1.807) is 0 Å². The van der Waals surface area contributed by atoms with Crippen LogP contribution in [0.1, 0.15) is 63.1 Å². The fourth-order valence-corrected chi connectivity index (χ4v) is 2.80. The Kier molecular flexibility index (Phi) is 7.07. The Morgan fingerprint density at radius 1 is 1.05 bits per heavy atom. The minimum Gasteiger partial charge on any atom is -0.316 e. The maximum Gasteiger partial charge on any atom is 0.0403 e. The van der Waals surface area contributed by atoms with Gasteiger partial charge in [0.2, 0.25) is 0 Å². The molecule has 0 aromatic carbocycles. The van der Waals surface area contributed by atoms with E-state index in [9.17, 15) is 0 Å². The Morgan fingerprint density at radius 2 is 1.90 bits per heavy atom. The first kappa shape index (κ1) is 15.5. The van der Waals surface area contributed by atoms with Crippen LogP contribution < -0.4 is 5.32 Å². The van der Waals surface area contributed by atoms with Crippen molar-refractivity contribution in [3.05, 3.63) is 29.6 Å². The van der Waals surface area contributed by atoms with E-state index in [1.807, 2.05) is 0 Å². The number of aryl methyl sites for hydroxylation is 2. The van der Waals surface area contributed by atoms with Crippen LogP contribution in [-0.4, -0.2) is 18.1 Å².